The Labute approximate surface area is 269 Å². The first-order chi connectivity index (χ1) is 22.3. The van der Waals surface area contributed by atoms with Gasteiger partial charge in [-0.25, -0.2) is 14.0 Å². The fourth-order valence-corrected chi connectivity index (χ4v) is 5.73. The van der Waals surface area contributed by atoms with E-state index in [0.717, 1.165) is 48.9 Å². The van der Waals surface area contributed by atoms with E-state index in [1.165, 1.54) is 12.1 Å². The molecule has 1 spiro atoms. The van der Waals surface area contributed by atoms with Gasteiger partial charge in [-0.05, 0) is 61.7 Å². The minimum atomic E-state index is -5.08. The number of amides is 1. The third-order valence-electron chi connectivity index (χ3n) is 8.11. The highest BCUT2D eigenvalue weighted by atomic mass is 19.4. The summed E-state index contributed by atoms with van der Waals surface area (Å²) < 4.78 is 76.9. The minimum Gasteiger partial charge on any atom is -0.475 e. The van der Waals surface area contributed by atoms with E-state index in [2.05, 4.69) is 22.1 Å². The minimum absolute atomic E-state index is 0.0714. The highest BCUT2D eigenvalue weighted by molar-refractivity contribution is 5.98. The summed E-state index contributed by atoms with van der Waals surface area (Å²) in [7, 11) is 0. The number of likely N-dealkylation sites (tertiary alicyclic amines) is 1. The van der Waals surface area contributed by atoms with Gasteiger partial charge in [0.2, 0.25) is 5.91 Å². The van der Waals surface area contributed by atoms with Crippen LogP contribution in [0.2, 0.25) is 0 Å². The van der Waals surface area contributed by atoms with Crippen LogP contribution in [0.4, 0.5) is 30.7 Å². The van der Waals surface area contributed by atoms with Gasteiger partial charge in [-0.1, -0.05) is 37.3 Å². The highest BCUT2D eigenvalue weighted by Crippen LogP contribution is 2.47. The predicted octanol–water partition coefficient (Wildman–Crippen LogP) is 5.85. The van der Waals surface area contributed by atoms with Gasteiger partial charge in [0.05, 0.1) is 10.9 Å². The van der Waals surface area contributed by atoms with Crippen molar-refractivity contribution in [2.75, 3.05) is 26.2 Å². The molecular formula is C32H32F7N3O6. The molecule has 16 heteroatoms. The number of aromatic nitrogens is 1. The molecule has 9 nitrogen and oxygen atoms in total. The van der Waals surface area contributed by atoms with E-state index in [9.17, 15) is 40.3 Å². The summed E-state index contributed by atoms with van der Waals surface area (Å²) in [5.41, 5.74) is 2.15. The zero-order valence-corrected chi connectivity index (χ0v) is 25.4. The number of rotatable bonds is 6. The number of carboxylic acid groups (broad SMARTS) is 2. The summed E-state index contributed by atoms with van der Waals surface area (Å²) >= 11 is 0. The summed E-state index contributed by atoms with van der Waals surface area (Å²) in [5, 5.41) is 18.3. The third kappa shape index (κ3) is 9.95. The molecular weight excluding hydrogens is 655 g/mol. The second-order valence-corrected chi connectivity index (χ2v) is 11.5. The maximum Gasteiger partial charge on any atom is 0.490 e. The number of Topliss-reactive ketones (excluding diaryl/α,β-unsaturated/α-hetero) is 1. The number of fused-ring (bicyclic) bond motifs is 1. The maximum atomic E-state index is 13.4. The Morgan fingerprint density at radius 1 is 0.958 bits per heavy atom. The van der Waals surface area contributed by atoms with Crippen molar-refractivity contribution in [1.82, 2.24) is 15.2 Å². The molecule has 0 unspecified atom stereocenters. The van der Waals surface area contributed by atoms with Crippen molar-refractivity contribution in [2.24, 2.45) is 11.3 Å². The normalized spacial score (nSPS) is 18.2. The van der Waals surface area contributed by atoms with Crippen molar-refractivity contribution >= 4 is 34.5 Å². The largest absolute Gasteiger partial charge is 0.490 e. The zero-order chi connectivity index (χ0) is 35.9. The number of carboxylic acids is 2. The van der Waals surface area contributed by atoms with E-state index in [0.29, 0.717) is 18.5 Å². The summed E-state index contributed by atoms with van der Waals surface area (Å²) in [5.74, 6) is -5.26. The lowest BCUT2D eigenvalue weighted by molar-refractivity contribution is -0.193. The molecule has 2 atom stereocenters. The van der Waals surface area contributed by atoms with Crippen LogP contribution in [-0.4, -0.2) is 82.3 Å². The Morgan fingerprint density at radius 3 is 2.04 bits per heavy atom. The second kappa shape index (κ2) is 15.5. The molecule has 3 aromatic rings. The summed E-state index contributed by atoms with van der Waals surface area (Å²) in [6.45, 7) is 5.18. The number of carbonyl (C=O) groups excluding carboxylic acids is 2. The highest BCUT2D eigenvalue weighted by Gasteiger charge is 2.52. The van der Waals surface area contributed by atoms with Crippen LogP contribution in [0.3, 0.4) is 0 Å². The van der Waals surface area contributed by atoms with Crippen LogP contribution in [0.15, 0.2) is 60.8 Å². The smallest absolute Gasteiger partial charge is 0.475 e. The number of benzene rings is 2. The lowest BCUT2D eigenvalue weighted by Crippen LogP contribution is -2.47. The molecule has 0 saturated carbocycles. The lowest BCUT2D eigenvalue weighted by Gasteiger charge is -2.41. The molecule has 1 amide bonds. The van der Waals surface area contributed by atoms with Crippen LogP contribution in [-0.2, 0) is 14.4 Å². The Kier molecular flexibility index (Phi) is 12.2. The Balaban J connectivity index is 0.000000376. The summed E-state index contributed by atoms with van der Waals surface area (Å²) in [4.78, 5) is 50.3. The van der Waals surface area contributed by atoms with Crippen LogP contribution in [0.25, 0.3) is 10.9 Å². The van der Waals surface area contributed by atoms with E-state index < -0.39 is 29.7 Å². The van der Waals surface area contributed by atoms with Gasteiger partial charge < -0.3 is 20.4 Å². The second-order valence-electron chi connectivity index (χ2n) is 11.5. The molecule has 3 N–H and O–H groups in total. The fraction of sp³-hybridized carbons (Fsp3) is 0.406. The first-order valence-corrected chi connectivity index (χ1v) is 14.6. The van der Waals surface area contributed by atoms with E-state index in [4.69, 9.17) is 19.8 Å². The zero-order valence-electron chi connectivity index (χ0n) is 25.4. The van der Waals surface area contributed by atoms with E-state index in [1.54, 1.807) is 6.20 Å². The van der Waals surface area contributed by atoms with Crippen LogP contribution in [0.1, 0.15) is 48.0 Å². The molecule has 48 heavy (non-hydrogen) atoms. The van der Waals surface area contributed by atoms with Crippen molar-refractivity contribution in [2.45, 2.75) is 44.5 Å². The molecule has 1 aromatic heterocycles. The average Bonchev–Trinajstić information content (AvgIpc) is 3.32. The van der Waals surface area contributed by atoms with Crippen molar-refractivity contribution in [3.63, 3.8) is 0 Å². The predicted molar refractivity (Wildman–Crippen MR) is 157 cm³/mol. The van der Waals surface area contributed by atoms with Crippen molar-refractivity contribution in [1.29, 1.82) is 0 Å². The first-order valence-electron chi connectivity index (χ1n) is 14.6. The Hall–Kier alpha value is -4.60. The maximum absolute atomic E-state index is 13.4. The number of aliphatic carboxylic acids is 2. The van der Waals surface area contributed by atoms with Gasteiger partial charge in [0.15, 0.2) is 5.78 Å². The lowest BCUT2D eigenvalue weighted by atomic mass is 9.68. The summed E-state index contributed by atoms with van der Waals surface area (Å²) in [6, 6.07) is 16.3. The number of ketones is 1. The number of alkyl halides is 6. The molecule has 0 bridgehead atoms. The van der Waals surface area contributed by atoms with Gasteiger partial charge in [-0.3, -0.25) is 14.6 Å². The van der Waals surface area contributed by atoms with E-state index in [-0.39, 0.29) is 29.3 Å². The number of para-hydroxylation sites is 1. The standard InChI is InChI=1S/C28H30FN3O2.2C2HF3O2/c1-19(14-26(33)22-15-21-4-2-3-5-25(21)30-16-22)18-32-12-10-28(11-13-32)24(17-31-27(28)34)20-6-8-23(29)9-7-20;2*3-2(4,5)1(6)7/h2-9,15-16,19,24H,10-14,17-18H2,1H3,(H,31,34);2*(H,6,7)/t19-,24+;;/m1../s1. The molecule has 2 aromatic carbocycles. The first kappa shape index (κ1) is 37.9. The van der Waals surface area contributed by atoms with Crippen LogP contribution in [0.5, 0.6) is 0 Å². The van der Waals surface area contributed by atoms with Crippen molar-refractivity contribution in [3.8, 4) is 0 Å². The Morgan fingerprint density at radius 2 is 1.50 bits per heavy atom. The number of piperidine rings is 1. The molecule has 2 aliphatic heterocycles. The molecule has 260 valence electrons. The molecule has 0 aliphatic carbocycles. The number of hydrogen-bond donors (Lipinski definition) is 3. The summed E-state index contributed by atoms with van der Waals surface area (Å²) in [6.07, 6.45) is -6.47. The van der Waals surface area contributed by atoms with Gasteiger partial charge in [0, 0.05) is 42.6 Å². The fourth-order valence-electron chi connectivity index (χ4n) is 5.73. The third-order valence-corrected chi connectivity index (χ3v) is 8.11. The molecule has 3 heterocycles. The average molecular weight is 688 g/mol. The van der Waals surface area contributed by atoms with Gasteiger partial charge in [0.1, 0.15) is 5.82 Å². The molecule has 0 radical (unpaired) electrons. The topological polar surface area (TPSA) is 137 Å². The van der Waals surface area contributed by atoms with Crippen LogP contribution in [0, 0.1) is 17.2 Å². The van der Waals surface area contributed by atoms with Crippen molar-refractivity contribution in [3.05, 3.63) is 77.7 Å². The molecule has 2 fully saturated rings. The van der Waals surface area contributed by atoms with Gasteiger partial charge in [-0.15, -0.1) is 0 Å². The number of nitrogens with zero attached hydrogens (tertiary/aromatic N) is 2. The Bertz CT molecular complexity index is 1580. The molecule has 5 rings (SSSR count). The number of hydrogen-bond acceptors (Lipinski definition) is 6. The molecule has 2 saturated heterocycles. The monoisotopic (exact) mass is 687 g/mol. The van der Waals surface area contributed by atoms with Crippen molar-refractivity contribution < 1.29 is 60.1 Å². The van der Waals surface area contributed by atoms with Gasteiger partial charge >= 0.3 is 24.3 Å². The van der Waals surface area contributed by atoms with Crippen LogP contribution >= 0.6 is 0 Å². The SMILES string of the molecule is C[C@H](CC(=O)c1cnc2ccccc2c1)CN1CCC2(CC1)C(=O)NC[C@H]2c1ccc(F)cc1.O=C(O)C(F)(F)F.O=C(O)C(F)(F)F. The van der Waals surface area contributed by atoms with Gasteiger partial charge in [-0.2, -0.15) is 26.3 Å². The molecule has 2 aliphatic rings. The quantitative estimate of drug-likeness (QED) is 0.217. The van der Waals surface area contributed by atoms with E-state index >= 15 is 0 Å². The number of carbonyl (C=O) groups is 4. The number of nitrogens with one attached hydrogen (secondary N) is 1. The number of pyridine rings is 1. The van der Waals surface area contributed by atoms with Gasteiger partial charge in [0.25, 0.3) is 0 Å². The number of halogens is 7. The van der Waals surface area contributed by atoms with E-state index in [1.807, 2.05) is 42.5 Å². The van der Waals surface area contributed by atoms with Crippen LogP contribution < -0.4 is 5.32 Å².